The van der Waals surface area contributed by atoms with Crippen molar-refractivity contribution < 1.29 is 4.79 Å². The van der Waals surface area contributed by atoms with E-state index in [1.807, 2.05) is 0 Å². The largest absolute Gasteiger partial charge is 0.327 e. The van der Waals surface area contributed by atoms with Crippen molar-refractivity contribution in [3.63, 3.8) is 0 Å². The van der Waals surface area contributed by atoms with Crippen LogP contribution < -0.4 is 11.1 Å². The molecule has 0 aromatic carbocycles. The van der Waals surface area contributed by atoms with Crippen LogP contribution in [0.2, 0.25) is 0 Å². The van der Waals surface area contributed by atoms with Gasteiger partial charge < -0.3 is 16.0 Å². The molecule has 1 rings (SSSR count). The number of carbonyl (C=O) groups is 1. The quantitative estimate of drug-likeness (QED) is 0.446. The molecule has 1 amide bonds. The zero-order valence-corrected chi connectivity index (χ0v) is 5.57. The average molecular weight is 145 g/mol. The van der Waals surface area contributed by atoms with Crippen molar-refractivity contribution in [3.8, 4) is 0 Å². The van der Waals surface area contributed by atoms with Gasteiger partial charge in [-0.25, -0.2) is 0 Å². The maximum atomic E-state index is 10.5. The van der Waals surface area contributed by atoms with E-state index in [9.17, 15) is 4.79 Å². The molecule has 0 spiro atoms. The molecule has 0 aromatic rings. The number of nitrogens with zero attached hydrogens (tertiary/aromatic N) is 1. The number of hydrogen-bond donors (Lipinski definition) is 2. The van der Waals surface area contributed by atoms with E-state index in [0.717, 1.165) is 0 Å². The zero-order chi connectivity index (χ0) is 6.85. The van der Waals surface area contributed by atoms with E-state index in [1.54, 1.807) is 4.90 Å². The second-order valence-electron chi connectivity index (χ2n) is 1.73. The topological polar surface area (TPSA) is 58.4 Å². The first-order valence-electron chi connectivity index (χ1n) is 2.53. The molecule has 1 saturated heterocycles. The van der Waals surface area contributed by atoms with Gasteiger partial charge in [0.1, 0.15) is 6.54 Å². The van der Waals surface area contributed by atoms with Crippen LogP contribution in [0.3, 0.4) is 0 Å². The van der Waals surface area contributed by atoms with Gasteiger partial charge in [0.25, 0.3) is 0 Å². The number of rotatable bonds is 1. The van der Waals surface area contributed by atoms with Crippen molar-refractivity contribution in [2.24, 2.45) is 5.73 Å². The third-order valence-corrected chi connectivity index (χ3v) is 1.45. The molecule has 1 aliphatic rings. The highest BCUT2D eigenvalue weighted by Crippen LogP contribution is 1.93. The molecule has 0 aliphatic carbocycles. The van der Waals surface area contributed by atoms with Gasteiger partial charge >= 0.3 is 0 Å². The maximum Gasteiger partial charge on any atom is 0.245 e. The summed E-state index contributed by atoms with van der Waals surface area (Å²) in [6, 6.07) is 0. The van der Waals surface area contributed by atoms with Gasteiger partial charge in [-0.15, -0.1) is 0 Å². The van der Waals surface area contributed by atoms with Gasteiger partial charge in [0, 0.05) is 0 Å². The van der Waals surface area contributed by atoms with Crippen LogP contribution in [0.25, 0.3) is 0 Å². The Labute approximate surface area is 58.0 Å². The minimum Gasteiger partial charge on any atom is -0.327 e. The molecule has 3 N–H and O–H groups in total. The lowest BCUT2D eigenvalue weighted by Gasteiger charge is -2.09. The third-order valence-electron chi connectivity index (χ3n) is 1.09. The first-order chi connectivity index (χ1) is 4.24. The number of nitrogens with one attached hydrogen (secondary N) is 1. The first kappa shape index (κ1) is 6.44. The molecule has 0 radical (unpaired) electrons. The van der Waals surface area contributed by atoms with Crippen molar-refractivity contribution in [1.82, 2.24) is 10.2 Å². The molecule has 1 fully saturated rings. The summed E-state index contributed by atoms with van der Waals surface area (Å²) in [6.45, 7) is 0.604. The standard InChI is InChI=1S/C4H7N3OS/c5-2-7-1-3(8)6-4(7)9/h1-2,5H2,(H,6,8,9). The maximum absolute atomic E-state index is 10.5. The Morgan fingerprint density at radius 2 is 2.56 bits per heavy atom. The lowest BCUT2D eigenvalue weighted by atomic mass is 10.6. The van der Waals surface area contributed by atoms with Gasteiger partial charge in [0.15, 0.2) is 5.11 Å². The second-order valence-corrected chi connectivity index (χ2v) is 2.12. The molecule has 4 nitrogen and oxygen atoms in total. The highest BCUT2D eigenvalue weighted by molar-refractivity contribution is 7.80. The van der Waals surface area contributed by atoms with Gasteiger partial charge in [0.2, 0.25) is 5.91 Å². The summed E-state index contributed by atoms with van der Waals surface area (Å²) >= 11 is 4.73. The highest BCUT2D eigenvalue weighted by atomic mass is 32.1. The van der Waals surface area contributed by atoms with Gasteiger partial charge in [-0.3, -0.25) is 4.79 Å². The predicted octanol–water partition coefficient (Wildman–Crippen LogP) is -1.38. The van der Waals surface area contributed by atoms with E-state index < -0.39 is 0 Å². The van der Waals surface area contributed by atoms with Crippen molar-refractivity contribution in [1.29, 1.82) is 0 Å². The molecule has 50 valence electrons. The van der Waals surface area contributed by atoms with Gasteiger partial charge in [-0.05, 0) is 12.2 Å². The van der Waals surface area contributed by atoms with Crippen LogP contribution in [0.5, 0.6) is 0 Å². The van der Waals surface area contributed by atoms with Crippen LogP contribution in [-0.4, -0.2) is 29.1 Å². The van der Waals surface area contributed by atoms with Crippen molar-refractivity contribution >= 4 is 23.2 Å². The van der Waals surface area contributed by atoms with Crippen LogP contribution in [0.1, 0.15) is 0 Å². The summed E-state index contributed by atoms with van der Waals surface area (Å²) in [4.78, 5) is 12.1. The average Bonchev–Trinajstić information content (AvgIpc) is 2.10. The molecule has 5 heteroatoms. The Hall–Kier alpha value is -0.680. The summed E-state index contributed by atoms with van der Waals surface area (Å²) in [5, 5.41) is 2.89. The Morgan fingerprint density at radius 1 is 1.89 bits per heavy atom. The molecular weight excluding hydrogens is 138 g/mol. The Bertz CT molecular complexity index is 158. The van der Waals surface area contributed by atoms with Crippen molar-refractivity contribution in [3.05, 3.63) is 0 Å². The van der Waals surface area contributed by atoms with Crippen molar-refractivity contribution in [2.45, 2.75) is 0 Å². The zero-order valence-electron chi connectivity index (χ0n) is 4.76. The molecule has 0 aromatic heterocycles. The monoisotopic (exact) mass is 145 g/mol. The van der Waals surface area contributed by atoms with Crippen LogP contribution in [0, 0.1) is 0 Å². The molecule has 0 unspecified atom stereocenters. The van der Waals surface area contributed by atoms with E-state index in [4.69, 9.17) is 18.0 Å². The lowest BCUT2D eigenvalue weighted by molar-refractivity contribution is -0.118. The van der Waals surface area contributed by atoms with Crippen LogP contribution in [-0.2, 0) is 4.79 Å². The SMILES string of the molecule is NCN1CC(=O)NC1=S. The van der Waals surface area contributed by atoms with Crippen molar-refractivity contribution in [2.75, 3.05) is 13.2 Å². The third kappa shape index (κ3) is 1.17. The fraction of sp³-hybridized carbons (Fsp3) is 0.500. The molecular formula is C4H7N3OS. The number of carbonyl (C=O) groups excluding carboxylic acids is 1. The van der Waals surface area contributed by atoms with E-state index in [2.05, 4.69) is 5.32 Å². The van der Waals surface area contributed by atoms with Gasteiger partial charge in [-0.1, -0.05) is 0 Å². The molecule has 9 heavy (non-hydrogen) atoms. The summed E-state index contributed by atoms with van der Waals surface area (Å²) < 4.78 is 0. The summed E-state index contributed by atoms with van der Waals surface area (Å²) in [5.41, 5.74) is 5.23. The molecule has 1 heterocycles. The van der Waals surface area contributed by atoms with Gasteiger partial charge in [-0.2, -0.15) is 0 Å². The fourth-order valence-corrected chi connectivity index (χ4v) is 0.883. The number of thiocarbonyl (C=S) groups is 1. The normalized spacial score (nSPS) is 18.6. The smallest absolute Gasteiger partial charge is 0.245 e. The highest BCUT2D eigenvalue weighted by Gasteiger charge is 2.20. The number of hydrogen-bond acceptors (Lipinski definition) is 3. The minimum absolute atomic E-state index is 0.0783. The summed E-state index contributed by atoms with van der Waals surface area (Å²) in [5.74, 6) is -0.0783. The van der Waals surface area contributed by atoms with E-state index in [1.165, 1.54) is 0 Å². The van der Waals surface area contributed by atoms with Crippen LogP contribution >= 0.6 is 12.2 Å². The molecule has 0 saturated carbocycles. The molecule has 0 bridgehead atoms. The van der Waals surface area contributed by atoms with Crippen LogP contribution in [0.4, 0.5) is 0 Å². The fourth-order valence-electron chi connectivity index (χ4n) is 0.630. The lowest BCUT2D eigenvalue weighted by Crippen LogP contribution is -2.32. The van der Waals surface area contributed by atoms with E-state index >= 15 is 0 Å². The number of nitrogens with two attached hydrogens (primary N) is 1. The molecule has 1 aliphatic heterocycles. The first-order valence-corrected chi connectivity index (χ1v) is 2.93. The second kappa shape index (κ2) is 2.28. The summed E-state index contributed by atoms with van der Waals surface area (Å²) in [7, 11) is 0. The Balaban J connectivity index is 2.58. The van der Waals surface area contributed by atoms with E-state index in [0.29, 0.717) is 18.3 Å². The Kier molecular flexibility index (Phi) is 1.63. The summed E-state index contributed by atoms with van der Waals surface area (Å²) in [6.07, 6.45) is 0. The molecule has 0 atom stereocenters. The minimum atomic E-state index is -0.0783. The van der Waals surface area contributed by atoms with Gasteiger partial charge in [0.05, 0.1) is 6.67 Å². The predicted molar refractivity (Wildman–Crippen MR) is 36.5 cm³/mol. The van der Waals surface area contributed by atoms with Crippen LogP contribution in [0.15, 0.2) is 0 Å². The van der Waals surface area contributed by atoms with E-state index in [-0.39, 0.29) is 5.91 Å². The number of amides is 1. The Morgan fingerprint density at radius 3 is 2.78 bits per heavy atom.